The van der Waals surface area contributed by atoms with Gasteiger partial charge in [0.25, 0.3) is 5.56 Å². The van der Waals surface area contributed by atoms with Crippen LogP contribution in [0.5, 0.6) is 11.5 Å². The van der Waals surface area contributed by atoms with Crippen LogP contribution in [0.15, 0.2) is 57.4 Å². The highest BCUT2D eigenvalue weighted by atomic mass is 79.9. The third-order valence-corrected chi connectivity index (χ3v) is 5.40. The van der Waals surface area contributed by atoms with Crippen molar-refractivity contribution in [3.8, 4) is 11.5 Å². The Morgan fingerprint density at radius 3 is 2.52 bits per heavy atom. The standard InChI is InChI=1S/C26H30BrN3O3/c1-7-10-18-13-17(14-22(32-8-2)23(18)33-9-3)16-28-30-24(31)20-15-19(27)11-12-21(20)29-25(30)26(4,5)6/h7,11-16H,1,8-10H2,2-6H3. The summed E-state index contributed by atoms with van der Waals surface area (Å²) in [6.07, 6.45) is 4.10. The van der Waals surface area contributed by atoms with Gasteiger partial charge in [0.2, 0.25) is 0 Å². The van der Waals surface area contributed by atoms with Crippen LogP contribution in [0.1, 0.15) is 51.6 Å². The second-order valence-corrected chi connectivity index (χ2v) is 9.49. The molecule has 174 valence electrons. The predicted molar refractivity (Wildman–Crippen MR) is 138 cm³/mol. The second-order valence-electron chi connectivity index (χ2n) is 8.57. The fraction of sp³-hybridized carbons (Fsp3) is 0.346. The van der Waals surface area contributed by atoms with Crippen molar-refractivity contribution in [1.82, 2.24) is 9.66 Å². The minimum atomic E-state index is -0.388. The molecule has 0 fully saturated rings. The molecule has 0 N–H and O–H groups in total. The lowest BCUT2D eigenvalue weighted by molar-refractivity contribution is 0.285. The monoisotopic (exact) mass is 511 g/mol. The summed E-state index contributed by atoms with van der Waals surface area (Å²) < 4.78 is 13.9. The van der Waals surface area contributed by atoms with Gasteiger partial charge < -0.3 is 9.47 Å². The van der Waals surface area contributed by atoms with Crippen molar-refractivity contribution in [2.75, 3.05) is 13.2 Å². The van der Waals surface area contributed by atoms with Crippen LogP contribution in [-0.2, 0) is 11.8 Å². The Balaban J connectivity index is 2.19. The summed E-state index contributed by atoms with van der Waals surface area (Å²) in [5, 5.41) is 5.08. The van der Waals surface area contributed by atoms with Crippen molar-refractivity contribution in [2.45, 2.75) is 46.5 Å². The second kappa shape index (κ2) is 10.3. The van der Waals surface area contributed by atoms with E-state index in [0.717, 1.165) is 15.6 Å². The highest BCUT2D eigenvalue weighted by Gasteiger charge is 2.23. The molecule has 3 aromatic rings. The van der Waals surface area contributed by atoms with Crippen molar-refractivity contribution in [1.29, 1.82) is 0 Å². The van der Waals surface area contributed by atoms with E-state index in [0.29, 0.717) is 47.9 Å². The molecule has 0 amide bonds. The van der Waals surface area contributed by atoms with Crippen molar-refractivity contribution >= 4 is 33.0 Å². The van der Waals surface area contributed by atoms with Gasteiger partial charge in [0.1, 0.15) is 5.82 Å². The number of benzene rings is 2. The van der Waals surface area contributed by atoms with Crippen LogP contribution in [0.2, 0.25) is 0 Å². The molecular formula is C26H30BrN3O3. The lowest BCUT2D eigenvalue weighted by Crippen LogP contribution is -2.29. The molecule has 0 radical (unpaired) electrons. The maximum absolute atomic E-state index is 13.4. The quantitative estimate of drug-likeness (QED) is 0.280. The number of allylic oxidation sites excluding steroid dienone is 1. The van der Waals surface area contributed by atoms with Gasteiger partial charge in [-0.25, -0.2) is 4.98 Å². The van der Waals surface area contributed by atoms with E-state index in [9.17, 15) is 4.79 Å². The van der Waals surface area contributed by atoms with Gasteiger partial charge in [-0.3, -0.25) is 4.79 Å². The highest BCUT2D eigenvalue weighted by Crippen LogP contribution is 2.33. The first-order chi connectivity index (χ1) is 15.7. The minimum Gasteiger partial charge on any atom is -0.490 e. The number of aromatic nitrogens is 2. The Morgan fingerprint density at radius 1 is 1.15 bits per heavy atom. The molecule has 1 heterocycles. The van der Waals surface area contributed by atoms with Gasteiger partial charge in [-0.1, -0.05) is 42.8 Å². The molecule has 33 heavy (non-hydrogen) atoms. The van der Waals surface area contributed by atoms with Crippen LogP contribution in [0, 0.1) is 0 Å². The fourth-order valence-corrected chi connectivity index (χ4v) is 3.86. The van der Waals surface area contributed by atoms with Crippen LogP contribution in [0.3, 0.4) is 0 Å². The molecule has 1 aromatic heterocycles. The van der Waals surface area contributed by atoms with Gasteiger partial charge in [0.05, 0.1) is 30.3 Å². The highest BCUT2D eigenvalue weighted by molar-refractivity contribution is 9.10. The third-order valence-electron chi connectivity index (χ3n) is 4.91. The summed E-state index contributed by atoms with van der Waals surface area (Å²) in [5.74, 6) is 1.94. The van der Waals surface area contributed by atoms with Gasteiger partial charge >= 0.3 is 0 Å². The largest absolute Gasteiger partial charge is 0.490 e. The molecule has 0 aliphatic heterocycles. The molecule has 0 spiro atoms. The molecule has 0 unspecified atom stereocenters. The molecule has 0 saturated heterocycles. The average molecular weight is 512 g/mol. The Kier molecular flexibility index (Phi) is 7.74. The summed E-state index contributed by atoms with van der Waals surface area (Å²) in [6.45, 7) is 14.8. The summed E-state index contributed by atoms with van der Waals surface area (Å²) in [6, 6.07) is 9.34. The van der Waals surface area contributed by atoms with E-state index < -0.39 is 0 Å². The van der Waals surface area contributed by atoms with E-state index in [1.807, 2.05) is 65.0 Å². The third kappa shape index (κ3) is 5.53. The number of hydrogen-bond donors (Lipinski definition) is 0. The smallest absolute Gasteiger partial charge is 0.282 e. The first-order valence-electron chi connectivity index (χ1n) is 11.0. The van der Waals surface area contributed by atoms with E-state index in [4.69, 9.17) is 14.5 Å². The number of fused-ring (bicyclic) bond motifs is 1. The van der Waals surface area contributed by atoms with Crippen LogP contribution < -0.4 is 15.0 Å². The SMILES string of the molecule is C=CCc1cc(C=Nn2c(C(C)(C)C)nc3ccc(Br)cc3c2=O)cc(OCC)c1OCC. The maximum Gasteiger partial charge on any atom is 0.282 e. The maximum atomic E-state index is 13.4. The zero-order valence-electron chi connectivity index (χ0n) is 19.8. The summed E-state index contributed by atoms with van der Waals surface area (Å²) in [4.78, 5) is 18.1. The van der Waals surface area contributed by atoms with Crippen LogP contribution in [0.4, 0.5) is 0 Å². The van der Waals surface area contributed by atoms with Crippen LogP contribution in [0.25, 0.3) is 10.9 Å². The molecule has 0 atom stereocenters. The molecular weight excluding hydrogens is 482 g/mol. The van der Waals surface area contributed by atoms with E-state index >= 15 is 0 Å². The van der Waals surface area contributed by atoms with E-state index in [2.05, 4.69) is 27.6 Å². The molecule has 3 rings (SSSR count). The number of ether oxygens (including phenoxy) is 2. The molecule has 7 heteroatoms. The zero-order chi connectivity index (χ0) is 24.2. The molecule has 2 aromatic carbocycles. The first-order valence-corrected chi connectivity index (χ1v) is 11.8. The lowest BCUT2D eigenvalue weighted by atomic mass is 9.95. The molecule has 0 saturated carbocycles. The van der Waals surface area contributed by atoms with Crippen molar-refractivity contribution in [3.63, 3.8) is 0 Å². The first kappa shape index (κ1) is 24.7. The average Bonchev–Trinajstić information content (AvgIpc) is 2.75. The Bertz CT molecular complexity index is 1260. The van der Waals surface area contributed by atoms with Crippen molar-refractivity contribution in [2.24, 2.45) is 5.10 Å². The molecule has 0 aliphatic rings. The predicted octanol–water partition coefficient (Wildman–Crippen LogP) is 5.86. The Hall–Kier alpha value is -2.93. The number of halogens is 1. The summed E-state index contributed by atoms with van der Waals surface area (Å²) in [7, 11) is 0. The van der Waals surface area contributed by atoms with Crippen LogP contribution in [-0.4, -0.2) is 29.1 Å². The van der Waals surface area contributed by atoms with E-state index in [1.165, 1.54) is 4.68 Å². The molecule has 0 aliphatic carbocycles. The summed E-state index contributed by atoms with van der Waals surface area (Å²) in [5.41, 5.74) is 1.78. The zero-order valence-corrected chi connectivity index (χ0v) is 21.4. The summed E-state index contributed by atoms with van der Waals surface area (Å²) >= 11 is 3.44. The number of nitrogens with zero attached hydrogens (tertiary/aromatic N) is 3. The van der Waals surface area contributed by atoms with Gasteiger partial charge in [-0.2, -0.15) is 9.78 Å². The number of rotatable bonds is 8. The van der Waals surface area contributed by atoms with Gasteiger partial charge in [0.15, 0.2) is 11.5 Å². The minimum absolute atomic E-state index is 0.218. The van der Waals surface area contributed by atoms with Gasteiger partial charge in [-0.05, 0) is 56.2 Å². The molecule has 0 bridgehead atoms. The van der Waals surface area contributed by atoms with Gasteiger partial charge in [0, 0.05) is 15.5 Å². The fourth-order valence-electron chi connectivity index (χ4n) is 3.50. The van der Waals surface area contributed by atoms with E-state index in [1.54, 1.807) is 12.3 Å². The topological polar surface area (TPSA) is 65.7 Å². The normalized spacial score (nSPS) is 11.8. The van der Waals surface area contributed by atoms with Crippen molar-refractivity contribution in [3.05, 3.63) is 74.8 Å². The molecule has 6 nitrogen and oxygen atoms in total. The van der Waals surface area contributed by atoms with Gasteiger partial charge in [-0.15, -0.1) is 6.58 Å². The Morgan fingerprint density at radius 2 is 1.88 bits per heavy atom. The van der Waals surface area contributed by atoms with Crippen LogP contribution >= 0.6 is 15.9 Å². The lowest BCUT2D eigenvalue weighted by Gasteiger charge is -2.21. The Labute approximate surface area is 203 Å². The number of hydrogen-bond acceptors (Lipinski definition) is 5. The van der Waals surface area contributed by atoms with Crippen molar-refractivity contribution < 1.29 is 9.47 Å². The van der Waals surface area contributed by atoms with E-state index in [-0.39, 0.29) is 11.0 Å².